The quantitative estimate of drug-likeness (QED) is 0.689. The number of hydrogen-bond donors (Lipinski definition) is 1. The molecule has 2 aromatic carbocycles. The average molecular weight is 350 g/mol. The predicted molar refractivity (Wildman–Crippen MR) is 102 cm³/mol. The van der Waals surface area contributed by atoms with Crippen LogP contribution in [-0.2, 0) is 0 Å². The highest BCUT2D eigenvalue weighted by atomic mass is 16.5. The van der Waals surface area contributed by atoms with Crippen molar-refractivity contribution in [2.24, 2.45) is 0 Å². The molecule has 3 rings (SSSR count). The van der Waals surface area contributed by atoms with Crippen LogP contribution in [0.25, 0.3) is 10.9 Å². The Morgan fingerprint density at radius 3 is 2.69 bits per heavy atom. The Morgan fingerprint density at radius 1 is 1.08 bits per heavy atom. The second-order valence-electron chi connectivity index (χ2n) is 6.10. The Bertz CT molecular complexity index is 938. The van der Waals surface area contributed by atoms with Gasteiger partial charge in [0.25, 0.3) is 5.91 Å². The van der Waals surface area contributed by atoms with Gasteiger partial charge < -0.3 is 14.8 Å². The molecule has 0 unspecified atom stereocenters. The summed E-state index contributed by atoms with van der Waals surface area (Å²) in [6, 6.07) is 15.3. The van der Waals surface area contributed by atoms with E-state index < -0.39 is 0 Å². The second-order valence-corrected chi connectivity index (χ2v) is 6.10. The Kier molecular flexibility index (Phi) is 5.37. The van der Waals surface area contributed by atoms with Crippen molar-refractivity contribution < 1.29 is 14.3 Å². The Morgan fingerprint density at radius 2 is 1.88 bits per heavy atom. The van der Waals surface area contributed by atoms with E-state index in [-0.39, 0.29) is 5.91 Å². The summed E-state index contributed by atoms with van der Waals surface area (Å²) in [4.78, 5) is 17.0. The smallest absolute Gasteiger partial charge is 0.253 e. The minimum atomic E-state index is -0.146. The van der Waals surface area contributed by atoms with Crippen LogP contribution in [0.15, 0.2) is 48.5 Å². The van der Waals surface area contributed by atoms with Crippen molar-refractivity contribution in [2.45, 2.75) is 13.8 Å². The van der Waals surface area contributed by atoms with Crippen molar-refractivity contribution in [3.63, 3.8) is 0 Å². The molecule has 1 aromatic heterocycles. The maximum absolute atomic E-state index is 12.5. The van der Waals surface area contributed by atoms with Crippen LogP contribution in [0.2, 0.25) is 0 Å². The zero-order valence-electron chi connectivity index (χ0n) is 15.2. The molecule has 5 heteroatoms. The molecule has 26 heavy (non-hydrogen) atoms. The number of amides is 1. The van der Waals surface area contributed by atoms with E-state index in [0.717, 1.165) is 22.2 Å². The number of nitrogens with one attached hydrogen (secondary N) is 1. The third-order valence-corrected chi connectivity index (χ3v) is 4.10. The third-order valence-electron chi connectivity index (χ3n) is 4.10. The van der Waals surface area contributed by atoms with Gasteiger partial charge in [0.2, 0.25) is 0 Å². The summed E-state index contributed by atoms with van der Waals surface area (Å²) in [6.45, 7) is 4.65. The third kappa shape index (κ3) is 4.11. The first kappa shape index (κ1) is 17.7. The van der Waals surface area contributed by atoms with Crippen molar-refractivity contribution in [3.8, 4) is 11.5 Å². The van der Waals surface area contributed by atoms with Gasteiger partial charge in [0.15, 0.2) is 0 Å². The van der Waals surface area contributed by atoms with Gasteiger partial charge in [0, 0.05) is 11.5 Å². The topological polar surface area (TPSA) is 60.5 Å². The Hall–Kier alpha value is -3.08. The van der Waals surface area contributed by atoms with Gasteiger partial charge >= 0.3 is 0 Å². The van der Waals surface area contributed by atoms with Crippen molar-refractivity contribution in [2.75, 3.05) is 20.3 Å². The lowest BCUT2D eigenvalue weighted by molar-refractivity contribution is 0.0946. The van der Waals surface area contributed by atoms with Crippen molar-refractivity contribution in [1.82, 2.24) is 10.3 Å². The summed E-state index contributed by atoms with van der Waals surface area (Å²) in [5.74, 6) is 1.30. The molecule has 0 aliphatic rings. The number of ether oxygens (including phenoxy) is 2. The molecule has 0 saturated carbocycles. The summed E-state index contributed by atoms with van der Waals surface area (Å²) in [5, 5.41) is 3.85. The van der Waals surface area contributed by atoms with Crippen LogP contribution in [0.4, 0.5) is 0 Å². The summed E-state index contributed by atoms with van der Waals surface area (Å²) < 4.78 is 10.8. The SMILES string of the molecule is COc1cccc(OCCNC(=O)c2cc3cc(C)ccc3nc2C)c1. The summed E-state index contributed by atoms with van der Waals surface area (Å²) >= 11 is 0. The van der Waals surface area contributed by atoms with Gasteiger partial charge in [0.05, 0.1) is 30.4 Å². The standard InChI is InChI=1S/C21H22N2O3/c1-14-7-8-20-16(11-14)12-19(15(2)23-20)21(24)22-9-10-26-18-6-4-5-17(13-18)25-3/h4-8,11-13H,9-10H2,1-3H3,(H,22,24). The minimum Gasteiger partial charge on any atom is -0.497 e. The van der Waals surface area contributed by atoms with Crippen LogP contribution in [0, 0.1) is 13.8 Å². The van der Waals surface area contributed by atoms with Crippen LogP contribution in [0.3, 0.4) is 0 Å². The highest BCUT2D eigenvalue weighted by Gasteiger charge is 2.11. The number of aromatic nitrogens is 1. The van der Waals surface area contributed by atoms with Crippen LogP contribution in [-0.4, -0.2) is 31.2 Å². The number of nitrogens with zero attached hydrogens (tertiary/aromatic N) is 1. The minimum absolute atomic E-state index is 0.146. The summed E-state index contributed by atoms with van der Waals surface area (Å²) in [5.41, 5.74) is 3.34. The highest BCUT2D eigenvalue weighted by Crippen LogP contribution is 2.19. The van der Waals surface area contributed by atoms with Gasteiger partial charge in [-0.3, -0.25) is 9.78 Å². The van der Waals surface area contributed by atoms with Crippen molar-refractivity contribution in [3.05, 3.63) is 65.4 Å². The molecular weight excluding hydrogens is 328 g/mol. The number of carbonyl (C=O) groups is 1. The number of aryl methyl sites for hydroxylation is 2. The summed E-state index contributed by atoms with van der Waals surface area (Å²) in [7, 11) is 1.61. The Labute approximate surface area is 153 Å². The molecule has 0 atom stereocenters. The molecule has 5 nitrogen and oxygen atoms in total. The van der Waals surface area contributed by atoms with E-state index in [1.807, 2.05) is 62.4 Å². The largest absolute Gasteiger partial charge is 0.497 e. The molecule has 0 spiro atoms. The molecule has 1 amide bonds. The lowest BCUT2D eigenvalue weighted by Crippen LogP contribution is -2.28. The fraction of sp³-hybridized carbons (Fsp3) is 0.238. The molecular formula is C21H22N2O3. The first-order chi connectivity index (χ1) is 12.6. The van der Waals surface area contributed by atoms with Crippen LogP contribution in [0.5, 0.6) is 11.5 Å². The second kappa shape index (κ2) is 7.87. The zero-order valence-corrected chi connectivity index (χ0v) is 15.2. The maximum Gasteiger partial charge on any atom is 0.253 e. The maximum atomic E-state index is 12.5. The highest BCUT2D eigenvalue weighted by molar-refractivity contribution is 5.98. The molecule has 0 aliphatic heterocycles. The molecule has 134 valence electrons. The Balaban J connectivity index is 1.61. The fourth-order valence-corrected chi connectivity index (χ4v) is 2.74. The van der Waals surface area contributed by atoms with E-state index in [1.165, 1.54) is 0 Å². The number of hydrogen-bond acceptors (Lipinski definition) is 4. The average Bonchev–Trinajstić information content (AvgIpc) is 2.65. The van der Waals surface area contributed by atoms with Crippen molar-refractivity contribution >= 4 is 16.8 Å². The van der Waals surface area contributed by atoms with Crippen molar-refractivity contribution in [1.29, 1.82) is 0 Å². The van der Waals surface area contributed by atoms with Gasteiger partial charge in [-0.15, -0.1) is 0 Å². The van der Waals surface area contributed by atoms with E-state index in [9.17, 15) is 4.79 Å². The molecule has 0 bridgehead atoms. The number of methoxy groups -OCH3 is 1. The molecule has 0 aliphatic carbocycles. The molecule has 1 N–H and O–H groups in total. The predicted octanol–water partition coefficient (Wildman–Crippen LogP) is 3.67. The van der Waals surface area contributed by atoms with Crippen LogP contribution < -0.4 is 14.8 Å². The van der Waals surface area contributed by atoms with E-state index >= 15 is 0 Å². The lowest BCUT2D eigenvalue weighted by Gasteiger charge is -2.11. The normalized spacial score (nSPS) is 10.6. The number of rotatable bonds is 6. The number of benzene rings is 2. The van der Waals surface area contributed by atoms with Gasteiger partial charge in [-0.25, -0.2) is 0 Å². The van der Waals surface area contributed by atoms with Crippen LogP contribution in [0.1, 0.15) is 21.6 Å². The first-order valence-electron chi connectivity index (χ1n) is 8.50. The van der Waals surface area contributed by atoms with Gasteiger partial charge in [-0.2, -0.15) is 0 Å². The molecule has 0 fully saturated rings. The summed E-state index contributed by atoms with van der Waals surface area (Å²) in [6.07, 6.45) is 0. The zero-order chi connectivity index (χ0) is 18.5. The lowest BCUT2D eigenvalue weighted by atomic mass is 10.1. The van der Waals surface area contributed by atoms with E-state index in [0.29, 0.717) is 30.2 Å². The number of pyridine rings is 1. The van der Waals surface area contributed by atoms with Gasteiger partial charge in [0.1, 0.15) is 18.1 Å². The number of carbonyl (C=O) groups excluding carboxylic acids is 1. The van der Waals surface area contributed by atoms with Gasteiger partial charge in [-0.1, -0.05) is 17.7 Å². The molecule has 1 heterocycles. The van der Waals surface area contributed by atoms with E-state index in [2.05, 4.69) is 10.3 Å². The van der Waals surface area contributed by atoms with Crippen LogP contribution >= 0.6 is 0 Å². The first-order valence-corrected chi connectivity index (χ1v) is 8.50. The molecule has 0 saturated heterocycles. The van der Waals surface area contributed by atoms with Gasteiger partial charge in [-0.05, 0) is 44.2 Å². The molecule has 3 aromatic rings. The fourth-order valence-electron chi connectivity index (χ4n) is 2.74. The monoisotopic (exact) mass is 350 g/mol. The van der Waals surface area contributed by atoms with E-state index in [1.54, 1.807) is 7.11 Å². The van der Waals surface area contributed by atoms with E-state index in [4.69, 9.17) is 9.47 Å². The number of fused-ring (bicyclic) bond motifs is 1. The molecule has 0 radical (unpaired) electrons.